The molecular formula is C4H4F3N2. The van der Waals surface area contributed by atoms with Crippen LogP contribution in [0.4, 0.5) is 13.2 Å². The summed E-state index contributed by atoms with van der Waals surface area (Å²) < 4.78 is 34.7. The average molecular weight is 137 g/mol. The van der Waals surface area contributed by atoms with Crippen LogP contribution in [0.1, 0.15) is 0 Å². The molecule has 1 N–H and O–H groups in total. The molecule has 0 aromatic carbocycles. The number of hydrogen-bond donors (Lipinski definition) is 1. The second-order valence-corrected chi connectivity index (χ2v) is 1.62. The van der Waals surface area contributed by atoms with Crippen molar-refractivity contribution in [3.05, 3.63) is 0 Å². The Balaban J connectivity index is 2.53. The topological polar surface area (TPSA) is 24.4 Å². The number of halogens is 3. The zero-order valence-corrected chi connectivity index (χ0v) is 4.37. The van der Waals surface area contributed by atoms with Gasteiger partial charge in [0.05, 0.1) is 12.9 Å². The van der Waals surface area contributed by atoms with Gasteiger partial charge in [-0.25, -0.2) is 0 Å². The van der Waals surface area contributed by atoms with Gasteiger partial charge >= 0.3 is 6.18 Å². The number of nitrogens with one attached hydrogen (secondary N) is 1. The Morgan fingerprint density at radius 3 is 2.44 bits per heavy atom. The van der Waals surface area contributed by atoms with E-state index in [9.17, 15) is 13.2 Å². The third-order valence-electron chi connectivity index (χ3n) is 0.922. The van der Waals surface area contributed by atoms with Crippen LogP contribution >= 0.6 is 0 Å². The summed E-state index contributed by atoms with van der Waals surface area (Å²) in [6, 6.07) is -1.66. The van der Waals surface area contributed by atoms with Crippen molar-refractivity contribution in [2.75, 3.05) is 6.67 Å². The Bertz CT molecular complexity index is 128. The molecule has 0 aromatic rings. The van der Waals surface area contributed by atoms with Gasteiger partial charge in [0.1, 0.15) is 6.04 Å². The first-order valence-corrected chi connectivity index (χ1v) is 2.33. The van der Waals surface area contributed by atoms with Gasteiger partial charge in [-0.2, -0.15) is 13.2 Å². The average Bonchev–Trinajstić information content (AvgIpc) is 2.08. The summed E-state index contributed by atoms with van der Waals surface area (Å²) in [5, 5.41) is 2.09. The minimum atomic E-state index is -4.24. The highest BCUT2D eigenvalue weighted by atomic mass is 19.4. The SMILES string of the molecule is FC(F)(F)C1[C]=NCN1. The number of alkyl halides is 3. The largest absolute Gasteiger partial charge is 0.409 e. The Labute approximate surface area is 49.8 Å². The van der Waals surface area contributed by atoms with Crippen molar-refractivity contribution in [2.45, 2.75) is 12.2 Å². The molecule has 9 heavy (non-hydrogen) atoms. The lowest BCUT2D eigenvalue weighted by Crippen LogP contribution is -2.39. The highest BCUT2D eigenvalue weighted by Gasteiger charge is 2.40. The van der Waals surface area contributed by atoms with Crippen LogP contribution in [0.2, 0.25) is 0 Å². The summed E-state index contributed by atoms with van der Waals surface area (Å²) >= 11 is 0. The number of rotatable bonds is 0. The van der Waals surface area contributed by atoms with E-state index in [-0.39, 0.29) is 6.67 Å². The summed E-state index contributed by atoms with van der Waals surface area (Å²) in [5.74, 6) is 0. The molecule has 0 aromatic heterocycles. The molecule has 51 valence electrons. The molecule has 1 aliphatic rings. The van der Waals surface area contributed by atoms with Gasteiger partial charge in [-0.15, -0.1) is 0 Å². The lowest BCUT2D eigenvalue weighted by atomic mass is 10.3. The summed E-state index contributed by atoms with van der Waals surface area (Å²) in [6.07, 6.45) is -2.35. The van der Waals surface area contributed by atoms with Crippen molar-refractivity contribution in [3.63, 3.8) is 0 Å². The van der Waals surface area contributed by atoms with Gasteiger partial charge in [-0.3, -0.25) is 10.3 Å². The summed E-state index contributed by atoms with van der Waals surface area (Å²) in [6.45, 7) is 0.0180. The zero-order valence-electron chi connectivity index (χ0n) is 4.37. The number of nitrogens with zero attached hydrogens (tertiary/aromatic N) is 1. The van der Waals surface area contributed by atoms with Gasteiger partial charge < -0.3 is 0 Å². The molecule has 1 aliphatic heterocycles. The first-order chi connectivity index (χ1) is 4.11. The fraction of sp³-hybridized carbons (Fsp3) is 0.750. The summed E-state index contributed by atoms with van der Waals surface area (Å²) in [4.78, 5) is 3.25. The highest BCUT2D eigenvalue weighted by Crippen LogP contribution is 2.19. The maximum Gasteiger partial charge on any atom is 0.409 e. The summed E-state index contributed by atoms with van der Waals surface area (Å²) in [7, 11) is 0. The predicted molar refractivity (Wildman–Crippen MR) is 25.3 cm³/mol. The standard InChI is InChI=1S/C4H4F3N2/c5-4(6,7)3-1-8-2-9-3/h3,9H,2H2. The molecule has 1 radical (unpaired) electrons. The lowest BCUT2D eigenvalue weighted by molar-refractivity contribution is -0.136. The van der Waals surface area contributed by atoms with E-state index in [0.717, 1.165) is 0 Å². The van der Waals surface area contributed by atoms with E-state index in [2.05, 4.69) is 10.3 Å². The molecule has 0 spiro atoms. The zero-order chi connectivity index (χ0) is 6.91. The van der Waals surface area contributed by atoms with Crippen molar-refractivity contribution in [1.29, 1.82) is 0 Å². The maximum absolute atomic E-state index is 11.6. The van der Waals surface area contributed by atoms with E-state index in [1.807, 2.05) is 6.21 Å². The van der Waals surface area contributed by atoms with E-state index < -0.39 is 12.2 Å². The maximum atomic E-state index is 11.6. The second kappa shape index (κ2) is 1.98. The fourth-order valence-electron chi connectivity index (χ4n) is 0.508. The van der Waals surface area contributed by atoms with Crippen molar-refractivity contribution in [1.82, 2.24) is 5.32 Å². The number of aliphatic imine (C=N–C) groups is 1. The molecule has 1 unspecified atom stereocenters. The molecule has 1 heterocycles. The van der Waals surface area contributed by atoms with Gasteiger partial charge in [0.15, 0.2) is 0 Å². The molecule has 0 saturated heterocycles. The predicted octanol–water partition coefficient (Wildman–Crippen LogP) is 0.426. The second-order valence-electron chi connectivity index (χ2n) is 1.62. The van der Waals surface area contributed by atoms with Crippen molar-refractivity contribution in [3.8, 4) is 0 Å². The third-order valence-corrected chi connectivity index (χ3v) is 0.922. The lowest BCUT2D eigenvalue weighted by Gasteiger charge is -2.10. The molecule has 0 amide bonds. The molecule has 0 fully saturated rings. The van der Waals surface area contributed by atoms with Crippen LogP contribution < -0.4 is 5.32 Å². The Kier molecular flexibility index (Phi) is 1.44. The highest BCUT2D eigenvalue weighted by molar-refractivity contribution is 5.67. The number of hydrogen-bond acceptors (Lipinski definition) is 2. The van der Waals surface area contributed by atoms with Crippen LogP contribution in [0.5, 0.6) is 0 Å². The van der Waals surface area contributed by atoms with Crippen molar-refractivity contribution in [2.24, 2.45) is 4.99 Å². The molecular weight excluding hydrogens is 133 g/mol. The van der Waals surface area contributed by atoms with Gasteiger partial charge in [-0.1, -0.05) is 0 Å². The van der Waals surface area contributed by atoms with E-state index in [4.69, 9.17) is 0 Å². The van der Waals surface area contributed by atoms with Crippen molar-refractivity contribution >= 4 is 6.21 Å². The van der Waals surface area contributed by atoms with E-state index in [0.29, 0.717) is 0 Å². The molecule has 0 aliphatic carbocycles. The Morgan fingerprint density at radius 2 is 2.22 bits per heavy atom. The Hall–Kier alpha value is -0.580. The first-order valence-electron chi connectivity index (χ1n) is 2.33. The third kappa shape index (κ3) is 1.41. The van der Waals surface area contributed by atoms with Gasteiger partial charge in [0.25, 0.3) is 0 Å². The molecule has 5 heteroatoms. The van der Waals surface area contributed by atoms with Crippen molar-refractivity contribution < 1.29 is 13.2 Å². The fourth-order valence-corrected chi connectivity index (χ4v) is 0.508. The van der Waals surface area contributed by atoms with Gasteiger partial charge in [0.2, 0.25) is 0 Å². The normalized spacial score (nSPS) is 27.2. The van der Waals surface area contributed by atoms with Crippen LogP contribution in [0.25, 0.3) is 0 Å². The molecule has 1 rings (SSSR count). The monoisotopic (exact) mass is 137 g/mol. The molecule has 0 bridgehead atoms. The smallest absolute Gasteiger partial charge is 0.282 e. The van der Waals surface area contributed by atoms with Crippen LogP contribution in [0.15, 0.2) is 4.99 Å². The minimum absolute atomic E-state index is 0.0180. The first kappa shape index (κ1) is 6.54. The summed E-state index contributed by atoms with van der Waals surface area (Å²) in [5.41, 5.74) is 0. The molecule has 2 nitrogen and oxygen atoms in total. The van der Waals surface area contributed by atoms with E-state index in [1.165, 1.54) is 0 Å². The molecule has 1 atom stereocenters. The van der Waals surface area contributed by atoms with E-state index >= 15 is 0 Å². The van der Waals surface area contributed by atoms with Gasteiger partial charge in [0, 0.05) is 0 Å². The van der Waals surface area contributed by atoms with Crippen LogP contribution in [-0.4, -0.2) is 25.1 Å². The van der Waals surface area contributed by atoms with Crippen LogP contribution in [0.3, 0.4) is 0 Å². The minimum Gasteiger partial charge on any atom is -0.282 e. The van der Waals surface area contributed by atoms with Crippen LogP contribution in [-0.2, 0) is 0 Å². The Morgan fingerprint density at radius 1 is 1.56 bits per heavy atom. The van der Waals surface area contributed by atoms with Gasteiger partial charge in [-0.05, 0) is 0 Å². The van der Waals surface area contributed by atoms with Crippen LogP contribution in [0, 0.1) is 0 Å². The quantitative estimate of drug-likeness (QED) is 0.514. The molecule has 0 saturated carbocycles. The van der Waals surface area contributed by atoms with E-state index in [1.54, 1.807) is 0 Å².